The molecule has 13 rings (SSSR count). The van der Waals surface area contributed by atoms with Crippen LogP contribution >= 0.6 is 0 Å². The standard InChI is InChI=1S/C55H34N2/c1-3-13-35(14-4-1)36-25-27-38(28-26-36)56(40-30-32-44-43-18-8-10-24-51(43)57(52(44)34-40)37-15-5-2-6-16-37)39-29-31-42-46-20-12-22-48-47-21-11-19-45-41-17-7-9-23-49(41)55(53(45)47,54(46)48)50(42)33-39/h1-34H. The zero-order valence-electron chi connectivity index (χ0n) is 31.0. The van der Waals surface area contributed by atoms with Gasteiger partial charge in [0.2, 0.25) is 0 Å². The van der Waals surface area contributed by atoms with Crippen LogP contribution in [0.3, 0.4) is 0 Å². The van der Waals surface area contributed by atoms with E-state index < -0.39 is 0 Å². The molecule has 1 aromatic heterocycles. The lowest BCUT2D eigenvalue weighted by Gasteiger charge is -2.30. The summed E-state index contributed by atoms with van der Waals surface area (Å²) in [6.45, 7) is 0. The zero-order chi connectivity index (χ0) is 37.2. The molecule has 2 heteroatoms. The molecule has 0 amide bonds. The van der Waals surface area contributed by atoms with Gasteiger partial charge in [0.25, 0.3) is 0 Å². The molecule has 3 aliphatic carbocycles. The van der Waals surface area contributed by atoms with Gasteiger partial charge in [0.1, 0.15) is 0 Å². The molecule has 0 fully saturated rings. The molecule has 3 aliphatic rings. The molecule has 2 nitrogen and oxygen atoms in total. The highest BCUT2D eigenvalue weighted by Gasteiger charge is 2.57. The first-order valence-electron chi connectivity index (χ1n) is 19.9. The largest absolute Gasteiger partial charge is 0.310 e. The maximum absolute atomic E-state index is 2.51. The molecule has 57 heavy (non-hydrogen) atoms. The van der Waals surface area contributed by atoms with Crippen LogP contribution in [0.4, 0.5) is 17.1 Å². The lowest BCUT2D eigenvalue weighted by Crippen LogP contribution is -2.23. The third-order valence-corrected chi connectivity index (χ3v) is 12.9. The first-order valence-corrected chi connectivity index (χ1v) is 19.9. The minimum atomic E-state index is -0.355. The van der Waals surface area contributed by atoms with Crippen LogP contribution in [0.1, 0.15) is 22.3 Å². The van der Waals surface area contributed by atoms with Gasteiger partial charge in [0.15, 0.2) is 0 Å². The van der Waals surface area contributed by atoms with E-state index in [9.17, 15) is 0 Å². The van der Waals surface area contributed by atoms with Crippen LogP contribution in [0, 0.1) is 0 Å². The summed E-state index contributed by atoms with van der Waals surface area (Å²) in [6, 6.07) is 76.5. The van der Waals surface area contributed by atoms with Crippen LogP contribution in [0.2, 0.25) is 0 Å². The van der Waals surface area contributed by atoms with Crippen molar-refractivity contribution in [3.63, 3.8) is 0 Å². The number of fused-ring (bicyclic) bond motifs is 8. The molecule has 264 valence electrons. The smallest absolute Gasteiger partial charge is 0.0738 e. The Morgan fingerprint density at radius 1 is 0.333 bits per heavy atom. The summed E-state index contributed by atoms with van der Waals surface area (Å²) in [5.74, 6) is 0. The van der Waals surface area contributed by atoms with E-state index >= 15 is 0 Å². The molecular formula is C55H34N2. The lowest BCUT2D eigenvalue weighted by molar-refractivity contribution is 0.818. The second-order valence-electron chi connectivity index (χ2n) is 15.6. The highest BCUT2D eigenvalue weighted by molar-refractivity contribution is 6.11. The van der Waals surface area contributed by atoms with Crippen LogP contribution in [-0.4, -0.2) is 4.57 Å². The van der Waals surface area contributed by atoms with Gasteiger partial charge in [-0.1, -0.05) is 152 Å². The molecule has 0 N–H and O–H groups in total. The van der Waals surface area contributed by atoms with Crippen molar-refractivity contribution in [3.8, 4) is 50.2 Å². The first kappa shape index (κ1) is 30.9. The van der Waals surface area contributed by atoms with Gasteiger partial charge >= 0.3 is 0 Å². The van der Waals surface area contributed by atoms with Crippen molar-refractivity contribution in [3.05, 3.63) is 229 Å². The third-order valence-electron chi connectivity index (χ3n) is 12.9. The molecule has 1 spiro atoms. The van der Waals surface area contributed by atoms with Gasteiger partial charge in [-0.2, -0.15) is 0 Å². The fraction of sp³-hybridized carbons (Fsp3) is 0.0182. The minimum absolute atomic E-state index is 0.355. The predicted octanol–water partition coefficient (Wildman–Crippen LogP) is 14.2. The Kier molecular flexibility index (Phi) is 6.13. The van der Waals surface area contributed by atoms with Gasteiger partial charge in [-0.25, -0.2) is 0 Å². The Balaban J connectivity index is 1.07. The number of benzene rings is 9. The topological polar surface area (TPSA) is 8.17 Å². The van der Waals surface area contributed by atoms with Crippen molar-refractivity contribution < 1.29 is 0 Å². The first-order chi connectivity index (χ1) is 28.3. The summed E-state index contributed by atoms with van der Waals surface area (Å²) in [5, 5.41) is 2.49. The van der Waals surface area contributed by atoms with E-state index in [1.165, 1.54) is 88.6 Å². The molecule has 1 heterocycles. The second kappa shape index (κ2) is 11.3. The van der Waals surface area contributed by atoms with E-state index in [4.69, 9.17) is 0 Å². The molecule has 0 saturated heterocycles. The van der Waals surface area contributed by atoms with E-state index in [0.29, 0.717) is 0 Å². The number of aromatic nitrogens is 1. The monoisotopic (exact) mass is 722 g/mol. The number of para-hydroxylation sites is 2. The van der Waals surface area contributed by atoms with Crippen molar-refractivity contribution in [2.24, 2.45) is 0 Å². The number of rotatable bonds is 5. The van der Waals surface area contributed by atoms with E-state index in [1.54, 1.807) is 0 Å². The third kappa shape index (κ3) is 3.99. The van der Waals surface area contributed by atoms with Crippen molar-refractivity contribution in [2.75, 3.05) is 4.90 Å². The number of nitrogens with zero attached hydrogens (tertiary/aromatic N) is 2. The van der Waals surface area contributed by atoms with Gasteiger partial charge in [0.05, 0.1) is 16.4 Å². The molecule has 0 aliphatic heterocycles. The van der Waals surface area contributed by atoms with Crippen molar-refractivity contribution in [1.29, 1.82) is 0 Å². The van der Waals surface area contributed by atoms with Crippen molar-refractivity contribution in [2.45, 2.75) is 5.41 Å². The Hall–Kier alpha value is -7.42. The summed E-state index contributed by atoms with van der Waals surface area (Å²) >= 11 is 0. The fourth-order valence-electron chi connectivity index (χ4n) is 10.7. The molecule has 9 aromatic carbocycles. The SMILES string of the molecule is c1ccc(-c2ccc(N(c3ccc4c(c3)C35c6ccccc6-c6cccc(c63)-c3cccc-4c35)c3ccc4c5ccccc5n(-c5ccccc5)c4c3)cc2)cc1. The Morgan fingerprint density at radius 3 is 1.61 bits per heavy atom. The Bertz CT molecular complexity index is 3250. The lowest BCUT2D eigenvalue weighted by atomic mass is 9.73. The van der Waals surface area contributed by atoms with Gasteiger partial charge in [-0.15, -0.1) is 0 Å². The van der Waals surface area contributed by atoms with E-state index in [2.05, 4.69) is 216 Å². The number of hydrogen-bond acceptors (Lipinski definition) is 1. The van der Waals surface area contributed by atoms with Gasteiger partial charge < -0.3 is 9.47 Å². The fourth-order valence-corrected chi connectivity index (χ4v) is 10.7. The maximum Gasteiger partial charge on any atom is 0.0738 e. The normalized spacial score (nSPS) is 15.1. The molecular weight excluding hydrogens is 689 g/mol. The summed E-state index contributed by atoms with van der Waals surface area (Å²) in [5.41, 5.74) is 22.7. The average molecular weight is 723 g/mol. The van der Waals surface area contributed by atoms with Gasteiger partial charge in [0, 0.05) is 33.5 Å². The van der Waals surface area contributed by atoms with Crippen LogP contribution in [0.15, 0.2) is 206 Å². The van der Waals surface area contributed by atoms with Crippen LogP contribution in [-0.2, 0) is 5.41 Å². The predicted molar refractivity (Wildman–Crippen MR) is 236 cm³/mol. The molecule has 0 saturated carbocycles. The van der Waals surface area contributed by atoms with Crippen LogP contribution < -0.4 is 4.90 Å². The second-order valence-corrected chi connectivity index (χ2v) is 15.6. The highest BCUT2D eigenvalue weighted by Crippen LogP contribution is 2.70. The Morgan fingerprint density at radius 2 is 0.860 bits per heavy atom. The molecule has 1 atom stereocenters. The summed E-state index contributed by atoms with van der Waals surface area (Å²) in [7, 11) is 0. The maximum atomic E-state index is 2.51. The van der Waals surface area contributed by atoms with E-state index in [1.807, 2.05) is 0 Å². The van der Waals surface area contributed by atoms with Gasteiger partial charge in [-0.3, -0.25) is 0 Å². The molecule has 10 aromatic rings. The van der Waals surface area contributed by atoms with Crippen molar-refractivity contribution in [1.82, 2.24) is 4.57 Å². The summed E-state index contributed by atoms with van der Waals surface area (Å²) in [6.07, 6.45) is 0. The van der Waals surface area contributed by atoms with Crippen LogP contribution in [0.25, 0.3) is 72.0 Å². The van der Waals surface area contributed by atoms with Crippen LogP contribution in [0.5, 0.6) is 0 Å². The summed E-state index contributed by atoms with van der Waals surface area (Å²) in [4.78, 5) is 2.46. The van der Waals surface area contributed by atoms with Crippen molar-refractivity contribution >= 4 is 38.9 Å². The number of anilines is 3. The number of hydrogen-bond donors (Lipinski definition) is 0. The molecule has 0 radical (unpaired) electrons. The summed E-state index contributed by atoms with van der Waals surface area (Å²) < 4.78 is 2.41. The van der Waals surface area contributed by atoms with E-state index in [-0.39, 0.29) is 5.41 Å². The van der Waals surface area contributed by atoms with E-state index in [0.717, 1.165) is 22.7 Å². The van der Waals surface area contributed by atoms with Gasteiger partial charge in [-0.05, 0) is 121 Å². The Labute approximate surface area is 331 Å². The highest BCUT2D eigenvalue weighted by atomic mass is 15.1. The minimum Gasteiger partial charge on any atom is -0.310 e. The molecule has 1 unspecified atom stereocenters. The quantitative estimate of drug-likeness (QED) is 0.172. The zero-order valence-corrected chi connectivity index (χ0v) is 31.0. The molecule has 0 bridgehead atoms. The average Bonchev–Trinajstić information content (AvgIpc) is 3.97.